The van der Waals surface area contributed by atoms with Gasteiger partial charge in [-0.3, -0.25) is 0 Å². The van der Waals surface area contributed by atoms with E-state index in [0.29, 0.717) is 6.04 Å². The molecule has 1 N–H and O–H groups in total. The van der Waals surface area contributed by atoms with Gasteiger partial charge in [-0.25, -0.2) is 0 Å². The molecule has 14 heavy (non-hydrogen) atoms. The Balaban J connectivity index is 2.21. The molecular formula is C11H18ClNS. The number of nitrogens with one attached hydrogen (secondary N) is 1. The fraction of sp³-hybridized carbons (Fsp3) is 0.636. The first-order chi connectivity index (χ1) is 6.76. The summed E-state index contributed by atoms with van der Waals surface area (Å²) >= 11 is 7.53. The highest BCUT2D eigenvalue weighted by molar-refractivity contribution is 7.16. The van der Waals surface area contributed by atoms with Gasteiger partial charge < -0.3 is 5.32 Å². The molecule has 80 valence electrons. The van der Waals surface area contributed by atoms with Crippen LogP contribution in [-0.4, -0.2) is 12.6 Å². The van der Waals surface area contributed by atoms with Crippen LogP contribution in [0.2, 0.25) is 4.34 Å². The number of hydrogen-bond acceptors (Lipinski definition) is 2. The minimum Gasteiger partial charge on any atom is -0.314 e. The third-order valence-electron chi connectivity index (χ3n) is 2.42. The monoisotopic (exact) mass is 231 g/mol. The van der Waals surface area contributed by atoms with Gasteiger partial charge in [0.1, 0.15) is 0 Å². The van der Waals surface area contributed by atoms with Gasteiger partial charge in [0.25, 0.3) is 0 Å². The molecule has 0 aliphatic rings. The summed E-state index contributed by atoms with van der Waals surface area (Å²) < 4.78 is 0.891. The number of halogens is 1. The Kier molecular flexibility index (Phi) is 5.53. The first kappa shape index (κ1) is 12.0. The van der Waals surface area contributed by atoms with Crippen molar-refractivity contribution in [2.24, 2.45) is 0 Å². The van der Waals surface area contributed by atoms with Crippen molar-refractivity contribution in [3.8, 4) is 0 Å². The van der Waals surface area contributed by atoms with E-state index in [1.54, 1.807) is 11.3 Å². The minimum absolute atomic E-state index is 0.672. The Hall–Kier alpha value is -0.0500. The molecule has 0 unspecified atom stereocenters. The molecule has 1 aromatic heterocycles. The van der Waals surface area contributed by atoms with E-state index in [1.165, 1.54) is 17.7 Å². The van der Waals surface area contributed by atoms with Gasteiger partial charge in [-0.2, -0.15) is 0 Å². The van der Waals surface area contributed by atoms with Crippen LogP contribution in [0.5, 0.6) is 0 Å². The second-order valence-corrected chi connectivity index (χ2v) is 5.22. The first-order valence-electron chi connectivity index (χ1n) is 5.23. The van der Waals surface area contributed by atoms with Gasteiger partial charge in [-0.15, -0.1) is 11.3 Å². The molecule has 3 heteroatoms. The molecule has 0 saturated heterocycles. The summed E-state index contributed by atoms with van der Waals surface area (Å²) in [6, 6.07) is 4.76. The van der Waals surface area contributed by atoms with Crippen LogP contribution in [0, 0.1) is 0 Å². The van der Waals surface area contributed by atoms with Crippen LogP contribution in [0.25, 0.3) is 0 Å². The van der Waals surface area contributed by atoms with Gasteiger partial charge in [0.2, 0.25) is 0 Å². The molecule has 0 aliphatic heterocycles. The average Bonchev–Trinajstić information content (AvgIpc) is 2.59. The summed E-state index contributed by atoms with van der Waals surface area (Å²) in [6.45, 7) is 5.51. The van der Waals surface area contributed by atoms with Crippen molar-refractivity contribution in [3.63, 3.8) is 0 Å². The van der Waals surface area contributed by atoms with E-state index in [1.807, 2.05) is 6.07 Å². The molecule has 0 amide bonds. The molecule has 0 aliphatic carbocycles. The van der Waals surface area contributed by atoms with Crippen molar-refractivity contribution >= 4 is 22.9 Å². The predicted octanol–water partition coefficient (Wildman–Crippen LogP) is 3.72. The van der Waals surface area contributed by atoms with Crippen LogP contribution in [0.3, 0.4) is 0 Å². The zero-order chi connectivity index (χ0) is 10.4. The van der Waals surface area contributed by atoms with Gasteiger partial charge in [-0.1, -0.05) is 25.4 Å². The molecule has 0 bridgehead atoms. The summed E-state index contributed by atoms with van der Waals surface area (Å²) in [5.74, 6) is 0. The van der Waals surface area contributed by atoms with Crippen LogP contribution in [0.15, 0.2) is 12.1 Å². The lowest BCUT2D eigenvalue weighted by molar-refractivity contribution is 0.489. The summed E-state index contributed by atoms with van der Waals surface area (Å²) in [4.78, 5) is 1.37. The number of thiophene rings is 1. The Morgan fingerprint density at radius 1 is 1.36 bits per heavy atom. The number of rotatable bonds is 6. The Bertz CT molecular complexity index is 256. The fourth-order valence-electron chi connectivity index (χ4n) is 1.46. The average molecular weight is 232 g/mol. The largest absolute Gasteiger partial charge is 0.314 e. The quantitative estimate of drug-likeness (QED) is 0.787. The maximum atomic E-state index is 5.85. The van der Waals surface area contributed by atoms with E-state index in [-0.39, 0.29) is 0 Å². The molecule has 0 atom stereocenters. The second-order valence-electron chi connectivity index (χ2n) is 3.42. The Labute approximate surface area is 95.5 Å². The molecule has 1 rings (SSSR count). The Morgan fingerprint density at radius 3 is 2.57 bits per heavy atom. The van der Waals surface area contributed by atoms with Crippen LogP contribution in [-0.2, 0) is 6.42 Å². The first-order valence-corrected chi connectivity index (χ1v) is 6.43. The van der Waals surface area contributed by atoms with Crippen molar-refractivity contribution in [2.45, 2.75) is 39.2 Å². The zero-order valence-electron chi connectivity index (χ0n) is 8.85. The third-order valence-corrected chi connectivity index (χ3v) is 3.71. The van der Waals surface area contributed by atoms with Gasteiger partial charge in [0.05, 0.1) is 4.34 Å². The highest BCUT2D eigenvalue weighted by Gasteiger charge is 2.02. The van der Waals surface area contributed by atoms with Crippen LogP contribution in [0.4, 0.5) is 0 Å². The minimum atomic E-state index is 0.672. The normalized spacial score (nSPS) is 11.1. The molecular weight excluding hydrogens is 214 g/mol. The van der Waals surface area contributed by atoms with Crippen LogP contribution in [0.1, 0.15) is 31.6 Å². The maximum absolute atomic E-state index is 5.85. The Morgan fingerprint density at radius 2 is 2.07 bits per heavy atom. The van der Waals surface area contributed by atoms with E-state index in [2.05, 4.69) is 25.2 Å². The smallest absolute Gasteiger partial charge is 0.0931 e. The predicted molar refractivity (Wildman–Crippen MR) is 65.4 cm³/mol. The fourth-order valence-corrected chi connectivity index (χ4v) is 2.55. The van der Waals surface area contributed by atoms with Crippen LogP contribution < -0.4 is 5.32 Å². The summed E-state index contributed by atoms with van der Waals surface area (Å²) in [6.07, 6.45) is 3.51. The van der Waals surface area contributed by atoms with Crippen molar-refractivity contribution in [3.05, 3.63) is 21.3 Å². The van der Waals surface area contributed by atoms with Gasteiger partial charge in [-0.05, 0) is 31.4 Å². The highest BCUT2D eigenvalue weighted by atomic mass is 35.5. The third kappa shape index (κ3) is 3.99. The van der Waals surface area contributed by atoms with Gasteiger partial charge in [0, 0.05) is 17.5 Å². The zero-order valence-corrected chi connectivity index (χ0v) is 10.4. The lowest BCUT2D eigenvalue weighted by atomic mass is 10.1. The topological polar surface area (TPSA) is 12.0 Å². The van der Waals surface area contributed by atoms with Crippen molar-refractivity contribution in [1.82, 2.24) is 5.32 Å². The van der Waals surface area contributed by atoms with Crippen LogP contribution >= 0.6 is 22.9 Å². The van der Waals surface area contributed by atoms with E-state index >= 15 is 0 Å². The summed E-state index contributed by atoms with van der Waals surface area (Å²) in [7, 11) is 0. The van der Waals surface area contributed by atoms with E-state index in [0.717, 1.165) is 17.3 Å². The van der Waals surface area contributed by atoms with Crippen molar-refractivity contribution < 1.29 is 0 Å². The highest BCUT2D eigenvalue weighted by Crippen LogP contribution is 2.21. The lowest BCUT2D eigenvalue weighted by Crippen LogP contribution is -2.29. The van der Waals surface area contributed by atoms with Gasteiger partial charge >= 0.3 is 0 Å². The van der Waals surface area contributed by atoms with Crippen molar-refractivity contribution in [2.75, 3.05) is 6.54 Å². The standard InChI is InChI=1S/C11H18ClNS/c1-3-9(4-2)13-8-7-10-5-6-11(12)14-10/h5-6,9,13H,3-4,7-8H2,1-2H3. The maximum Gasteiger partial charge on any atom is 0.0931 e. The second kappa shape index (κ2) is 6.44. The summed E-state index contributed by atoms with van der Waals surface area (Å²) in [5.41, 5.74) is 0. The molecule has 0 radical (unpaired) electrons. The summed E-state index contributed by atoms with van der Waals surface area (Å²) in [5, 5.41) is 3.54. The molecule has 0 spiro atoms. The number of hydrogen-bond donors (Lipinski definition) is 1. The molecule has 0 saturated carbocycles. The van der Waals surface area contributed by atoms with Gasteiger partial charge in [0.15, 0.2) is 0 Å². The lowest BCUT2D eigenvalue weighted by Gasteiger charge is -2.13. The van der Waals surface area contributed by atoms with E-state index in [9.17, 15) is 0 Å². The van der Waals surface area contributed by atoms with E-state index in [4.69, 9.17) is 11.6 Å². The molecule has 1 nitrogen and oxygen atoms in total. The molecule has 1 aromatic rings. The van der Waals surface area contributed by atoms with Crippen molar-refractivity contribution in [1.29, 1.82) is 0 Å². The molecule has 0 fully saturated rings. The molecule has 1 heterocycles. The van der Waals surface area contributed by atoms with E-state index < -0.39 is 0 Å². The molecule has 0 aromatic carbocycles. The SMILES string of the molecule is CCC(CC)NCCc1ccc(Cl)s1.